The molecular formula is C22H23N3O4S. The first kappa shape index (κ1) is 21.3. The van der Waals surface area contributed by atoms with Crippen molar-refractivity contribution in [2.24, 2.45) is 5.10 Å². The minimum Gasteiger partial charge on any atom is -0.463 e. The highest BCUT2D eigenvalue weighted by Crippen LogP contribution is 2.28. The fourth-order valence-electron chi connectivity index (χ4n) is 2.84. The molecule has 3 aromatic rings. The SMILES string of the molecule is Cc1ccc(S(=O)(=O)N(CC(=O)N/N=C\c2ccco2)c2cccc(C)c2C)cc1. The Morgan fingerprint density at radius 3 is 2.47 bits per heavy atom. The van der Waals surface area contributed by atoms with Crippen LogP contribution in [0.15, 0.2) is 75.3 Å². The molecule has 7 nitrogen and oxygen atoms in total. The van der Waals surface area contributed by atoms with Gasteiger partial charge in [0.1, 0.15) is 12.3 Å². The highest BCUT2D eigenvalue weighted by molar-refractivity contribution is 7.92. The lowest BCUT2D eigenvalue weighted by Crippen LogP contribution is -2.40. The zero-order valence-electron chi connectivity index (χ0n) is 17.0. The summed E-state index contributed by atoms with van der Waals surface area (Å²) in [5, 5.41) is 3.83. The number of aryl methyl sites for hydroxylation is 2. The lowest BCUT2D eigenvalue weighted by atomic mass is 10.1. The minimum absolute atomic E-state index is 0.112. The van der Waals surface area contributed by atoms with E-state index in [0.29, 0.717) is 11.4 Å². The van der Waals surface area contributed by atoms with E-state index in [4.69, 9.17) is 4.42 Å². The molecule has 0 aliphatic heterocycles. The number of nitrogens with zero attached hydrogens (tertiary/aromatic N) is 2. The van der Waals surface area contributed by atoms with E-state index in [1.165, 1.54) is 24.6 Å². The second kappa shape index (κ2) is 8.96. The molecule has 156 valence electrons. The van der Waals surface area contributed by atoms with Gasteiger partial charge >= 0.3 is 0 Å². The van der Waals surface area contributed by atoms with Crippen molar-refractivity contribution in [2.45, 2.75) is 25.7 Å². The Morgan fingerprint density at radius 2 is 1.80 bits per heavy atom. The molecule has 8 heteroatoms. The maximum Gasteiger partial charge on any atom is 0.264 e. The van der Waals surface area contributed by atoms with Crippen LogP contribution in [0, 0.1) is 20.8 Å². The maximum absolute atomic E-state index is 13.4. The van der Waals surface area contributed by atoms with E-state index >= 15 is 0 Å². The van der Waals surface area contributed by atoms with Gasteiger partial charge in [0.2, 0.25) is 0 Å². The summed E-state index contributed by atoms with van der Waals surface area (Å²) < 4.78 is 33.0. The smallest absolute Gasteiger partial charge is 0.264 e. The maximum atomic E-state index is 13.4. The second-order valence-corrected chi connectivity index (χ2v) is 8.71. The van der Waals surface area contributed by atoms with Crippen molar-refractivity contribution < 1.29 is 17.6 Å². The van der Waals surface area contributed by atoms with E-state index in [1.807, 2.05) is 26.8 Å². The molecule has 0 radical (unpaired) electrons. The van der Waals surface area contributed by atoms with Crippen LogP contribution in [-0.4, -0.2) is 27.1 Å². The van der Waals surface area contributed by atoms with Crippen molar-refractivity contribution in [1.82, 2.24) is 5.43 Å². The highest BCUT2D eigenvalue weighted by atomic mass is 32.2. The summed E-state index contributed by atoms with van der Waals surface area (Å²) >= 11 is 0. The van der Waals surface area contributed by atoms with Crippen LogP contribution >= 0.6 is 0 Å². The first-order valence-electron chi connectivity index (χ1n) is 9.30. The highest BCUT2D eigenvalue weighted by Gasteiger charge is 2.28. The summed E-state index contributed by atoms with van der Waals surface area (Å²) in [7, 11) is -3.97. The van der Waals surface area contributed by atoms with Gasteiger partial charge in [0.05, 0.1) is 23.1 Å². The van der Waals surface area contributed by atoms with Gasteiger partial charge in [-0.05, 0) is 62.2 Å². The minimum atomic E-state index is -3.97. The number of hydrogen-bond donors (Lipinski definition) is 1. The predicted molar refractivity (Wildman–Crippen MR) is 116 cm³/mol. The lowest BCUT2D eigenvalue weighted by Gasteiger charge is -2.26. The van der Waals surface area contributed by atoms with Gasteiger partial charge in [-0.1, -0.05) is 29.8 Å². The van der Waals surface area contributed by atoms with E-state index in [0.717, 1.165) is 21.0 Å². The van der Waals surface area contributed by atoms with Gasteiger partial charge in [0, 0.05) is 0 Å². The van der Waals surface area contributed by atoms with E-state index < -0.39 is 22.5 Å². The number of hydrogen-bond acceptors (Lipinski definition) is 5. The summed E-state index contributed by atoms with van der Waals surface area (Å²) in [6, 6.07) is 15.2. The molecule has 0 atom stereocenters. The first-order valence-corrected chi connectivity index (χ1v) is 10.7. The molecule has 1 N–H and O–H groups in total. The van der Waals surface area contributed by atoms with Crippen molar-refractivity contribution in [3.63, 3.8) is 0 Å². The molecule has 0 aliphatic rings. The second-order valence-electron chi connectivity index (χ2n) is 6.85. The third-order valence-corrected chi connectivity index (χ3v) is 6.44. The zero-order valence-corrected chi connectivity index (χ0v) is 17.8. The largest absolute Gasteiger partial charge is 0.463 e. The number of sulfonamides is 1. The van der Waals surface area contributed by atoms with Crippen molar-refractivity contribution >= 4 is 27.8 Å². The molecule has 3 rings (SSSR count). The van der Waals surface area contributed by atoms with Gasteiger partial charge in [0.25, 0.3) is 15.9 Å². The van der Waals surface area contributed by atoms with Crippen molar-refractivity contribution in [3.05, 3.63) is 83.3 Å². The van der Waals surface area contributed by atoms with E-state index in [2.05, 4.69) is 10.5 Å². The van der Waals surface area contributed by atoms with E-state index in [-0.39, 0.29) is 4.90 Å². The Labute approximate surface area is 176 Å². The number of carbonyl (C=O) groups excluding carboxylic acids is 1. The van der Waals surface area contributed by atoms with E-state index in [1.54, 1.807) is 36.4 Å². The van der Waals surface area contributed by atoms with Crippen LogP contribution in [0.5, 0.6) is 0 Å². The average molecular weight is 426 g/mol. The fraction of sp³-hybridized carbons (Fsp3) is 0.182. The standard InChI is InChI=1S/C22H23N3O4S/c1-16-9-11-20(12-10-16)30(27,28)25(21-8-4-6-17(2)18(21)3)15-22(26)24-23-14-19-7-5-13-29-19/h4-14H,15H2,1-3H3,(H,24,26)/b23-14-. The number of anilines is 1. The first-order chi connectivity index (χ1) is 14.3. The molecule has 30 heavy (non-hydrogen) atoms. The third kappa shape index (κ3) is 4.77. The summed E-state index contributed by atoms with van der Waals surface area (Å²) in [4.78, 5) is 12.6. The Balaban J connectivity index is 1.92. The number of nitrogens with one attached hydrogen (secondary N) is 1. The van der Waals surface area contributed by atoms with Crippen molar-refractivity contribution in [3.8, 4) is 0 Å². The molecule has 0 saturated carbocycles. The predicted octanol–water partition coefficient (Wildman–Crippen LogP) is 3.55. The Bertz CT molecular complexity index is 1150. The van der Waals surface area contributed by atoms with Crippen LogP contribution < -0.4 is 9.73 Å². The van der Waals surface area contributed by atoms with Gasteiger partial charge in [-0.3, -0.25) is 9.10 Å². The normalized spacial score (nSPS) is 11.6. The summed E-state index contributed by atoms with van der Waals surface area (Å²) in [6.07, 6.45) is 2.83. The molecule has 0 spiro atoms. The van der Waals surface area contributed by atoms with Gasteiger partial charge in [-0.2, -0.15) is 5.10 Å². The fourth-order valence-corrected chi connectivity index (χ4v) is 4.32. The average Bonchev–Trinajstić information content (AvgIpc) is 3.22. The van der Waals surface area contributed by atoms with Gasteiger partial charge < -0.3 is 4.42 Å². The number of amides is 1. The van der Waals surface area contributed by atoms with E-state index in [9.17, 15) is 13.2 Å². The molecule has 1 aromatic heterocycles. The van der Waals surface area contributed by atoms with Crippen LogP contribution in [0.25, 0.3) is 0 Å². The van der Waals surface area contributed by atoms with Crippen molar-refractivity contribution in [2.75, 3.05) is 10.8 Å². The Hall–Kier alpha value is -3.39. The monoisotopic (exact) mass is 425 g/mol. The topological polar surface area (TPSA) is 92.0 Å². The number of furan rings is 1. The molecule has 0 aliphatic carbocycles. The van der Waals surface area contributed by atoms with Crippen LogP contribution in [-0.2, 0) is 14.8 Å². The third-order valence-electron chi connectivity index (χ3n) is 4.67. The molecule has 1 amide bonds. The molecular weight excluding hydrogens is 402 g/mol. The van der Waals surface area contributed by atoms with Crippen LogP contribution in [0.4, 0.5) is 5.69 Å². The van der Waals surface area contributed by atoms with Gasteiger partial charge in [-0.25, -0.2) is 13.8 Å². The molecule has 2 aromatic carbocycles. The zero-order chi connectivity index (χ0) is 21.7. The number of rotatable bonds is 7. The van der Waals surface area contributed by atoms with Crippen molar-refractivity contribution in [1.29, 1.82) is 0 Å². The molecule has 0 bridgehead atoms. The summed E-state index contributed by atoms with van der Waals surface area (Å²) in [5.41, 5.74) is 5.44. The van der Waals surface area contributed by atoms with Crippen LogP contribution in [0.1, 0.15) is 22.5 Å². The molecule has 0 saturated heterocycles. The summed E-state index contributed by atoms with van der Waals surface area (Å²) in [5.74, 6) is -0.108. The van der Waals surface area contributed by atoms with Crippen LogP contribution in [0.2, 0.25) is 0 Å². The van der Waals surface area contributed by atoms with Gasteiger partial charge in [0.15, 0.2) is 0 Å². The summed E-state index contributed by atoms with van der Waals surface area (Å²) in [6.45, 7) is 5.18. The number of hydrazone groups is 1. The quantitative estimate of drug-likeness (QED) is 0.463. The van der Waals surface area contributed by atoms with Gasteiger partial charge in [-0.15, -0.1) is 0 Å². The molecule has 0 unspecified atom stereocenters. The lowest BCUT2D eigenvalue weighted by molar-refractivity contribution is -0.119. The Morgan fingerprint density at radius 1 is 1.07 bits per heavy atom. The number of benzene rings is 2. The molecule has 1 heterocycles. The van der Waals surface area contributed by atoms with Crippen LogP contribution in [0.3, 0.4) is 0 Å². The Kier molecular flexibility index (Phi) is 6.37. The molecule has 0 fully saturated rings. The number of carbonyl (C=O) groups is 1.